The molecule has 1 saturated heterocycles. The summed E-state index contributed by atoms with van der Waals surface area (Å²) in [6.45, 7) is 8.22. The smallest absolute Gasteiger partial charge is 0.241 e. The maximum absolute atomic E-state index is 11.8. The molecule has 3 N–H and O–H groups in total. The van der Waals surface area contributed by atoms with Crippen LogP contribution in [0.15, 0.2) is 0 Å². The number of rotatable bonds is 4. The van der Waals surface area contributed by atoms with Crippen LogP contribution in [0.2, 0.25) is 0 Å². The topological polar surface area (TPSA) is 75.4 Å². The van der Waals surface area contributed by atoms with Gasteiger partial charge in [-0.1, -0.05) is 20.8 Å². The molecule has 1 heterocycles. The molecular weight excluding hydrogens is 266 g/mol. The van der Waals surface area contributed by atoms with Crippen LogP contribution in [0.3, 0.4) is 0 Å². The van der Waals surface area contributed by atoms with Crippen molar-refractivity contribution >= 4 is 24.2 Å². The number of nitrogens with two attached hydrogens (primary N) is 1. The predicted octanol–water partition coefficient (Wildman–Crippen LogP) is 0.768. The van der Waals surface area contributed by atoms with Crippen LogP contribution in [0.4, 0.5) is 0 Å². The zero-order chi connectivity index (χ0) is 13.8. The molecule has 0 aromatic heterocycles. The number of likely N-dealkylation sites (tertiary alicyclic amines) is 1. The molecule has 0 radical (unpaired) electrons. The summed E-state index contributed by atoms with van der Waals surface area (Å²) in [6.07, 6.45) is 1.41. The van der Waals surface area contributed by atoms with Gasteiger partial charge < -0.3 is 16.0 Å². The normalized spacial score (nSPS) is 18.9. The lowest BCUT2D eigenvalue weighted by molar-refractivity contribution is -0.132. The molecule has 0 aromatic rings. The van der Waals surface area contributed by atoms with Crippen molar-refractivity contribution in [2.75, 3.05) is 26.2 Å². The van der Waals surface area contributed by atoms with Gasteiger partial charge in [-0.2, -0.15) is 0 Å². The number of hydrogen-bond acceptors (Lipinski definition) is 3. The lowest BCUT2D eigenvalue weighted by atomic mass is 9.92. The molecule has 1 atom stereocenters. The summed E-state index contributed by atoms with van der Waals surface area (Å²) in [5, 5.41) is 2.69. The highest BCUT2D eigenvalue weighted by Crippen LogP contribution is 2.18. The molecule has 2 amide bonds. The Kier molecular flexibility index (Phi) is 7.37. The first-order valence-corrected chi connectivity index (χ1v) is 6.56. The lowest BCUT2D eigenvalue weighted by Gasteiger charge is -2.19. The maximum atomic E-state index is 11.8. The molecule has 0 bridgehead atoms. The number of halogens is 1. The van der Waals surface area contributed by atoms with Gasteiger partial charge in [0.25, 0.3) is 0 Å². The SMILES string of the molecule is CC(C)(C)CC(=O)NCC(=O)N1CCC(CN)C1.Cl. The first-order chi connectivity index (χ1) is 8.31. The van der Waals surface area contributed by atoms with Crippen molar-refractivity contribution in [3.8, 4) is 0 Å². The minimum absolute atomic E-state index is 0. The number of nitrogens with one attached hydrogen (secondary N) is 1. The summed E-state index contributed by atoms with van der Waals surface area (Å²) in [4.78, 5) is 25.2. The van der Waals surface area contributed by atoms with Crippen LogP contribution in [0.25, 0.3) is 0 Å². The van der Waals surface area contributed by atoms with Crippen molar-refractivity contribution in [3.63, 3.8) is 0 Å². The highest BCUT2D eigenvalue weighted by molar-refractivity contribution is 5.85. The molecular formula is C13H26ClN3O2. The van der Waals surface area contributed by atoms with Crippen molar-refractivity contribution in [2.24, 2.45) is 17.1 Å². The van der Waals surface area contributed by atoms with Crippen LogP contribution in [-0.4, -0.2) is 42.9 Å². The molecule has 0 aromatic carbocycles. The lowest BCUT2D eigenvalue weighted by Crippen LogP contribution is -2.40. The van der Waals surface area contributed by atoms with Gasteiger partial charge in [-0.25, -0.2) is 0 Å². The van der Waals surface area contributed by atoms with Crippen molar-refractivity contribution in [1.29, 1.82) is 0 Å². The Balaban J connectivity index is 0.00000324. The first kappa shape index (κ1) is 18.2. The molecule has 0 aliphatic carbocycles. The second-order valence-corrected chi connectivity index (χ2v) is 6.24. The van der Waals surface area contributed by atoms with Crippen molar-refractivity contribution in [2.45, 2.75) is 33.6 Å². The molecule has 0 spiro atoms. The third kappa shape index (κ3) is 6.78. The highest BCUT2D eigenvalue weighted by Gasteiger charge is 2.25. The maximum Gasteiger partial charge on any atom is 0.241 e. The van der Waals surface area contributed by atoms with E-state index in [9.17, 15) is 9.59 Å². The quantitative estimate of drug-likeness (QED) is 0.803. The minimum atomic E-state index is -0.0644. The third-order valence-electron chi connectivity index (χ3n) is 3.10. The van der Waals surface area contributed by atoms with E-state index in [2.05, 4.69) is 5.32 Å². The molecule has 1 rings (SSSR count). The summed E-state index contributed by atoms with van der Waals surface area (Å²) in [6, 6.07) is 0. The largest absolute Gasteiger partial charge is 0.347 e. The van der Waals surface area contributed by atoms with Gasteiger partial charge >= 0.3 is 0 Å². The minimum Gasteiger partial charge on any atom is -0.347 e. The number of hydrogen-bond donors (Lipinski definition) is 2. The van der Waals surface area contributed by atoms with Gasteiger partial charge in [0.1, 0.15) is 0 Å². The second-order valence-electron chi connectivity index (χ2n) is 6.24. The Morgan fingerprint density at radius 3 is 2.47 bits per heavy atom. The zero-order valence-electron chi connectivity index (χ0n) is 12.1. The van der Waals surface area contributed by atoms with Crippen LogP contribution >= 0.6 is 12.4 Å². The average Bonchev–Trinajstić information content (AvgIpc) is 2.72. The van der Waals surface area contributed by atoms with Crippen LogP contribution in [-0.2, 0) is 9.59 Å². The van der Waals surface area contributed by atoms with Crippen molar-refractivity contribution < 1.29 is 9.59 Å². The fourth-order valence-corrected chi connectivity index (χ4v) is 2.08. The Morgan fingerprint density at radius 1 is 1.37 bits per heavy atom. The number of carbonyl (C=O) groups excluding carboxylic acids is 2. The Labute approximate surface area is 121 Å². The van der Waals surface area contributed by atoms with Gasteiger partial charge in [0.05, 0.1) is 6.54 Å². The Hall–Kier alpha value is -0.810. The monoisotopic (exact) mass is 291 g/mol. The van der Waals surface area contributed by atoms with Crippen LogP contribution < -0.4 is 11.1 Å². The first-order valence-electron chi connectivity index (χ1n) is 6.56. The average molecular weight is 292 g/mol. The van der Waals surface area contributed by atoms with Crippen LogP contribution in [0.5, 0.6) is 0 Å². The second kappa shape index (κ2) is 7.70. The van der Waals surface area contributed by atoms with Gasteiger partial charge in [0, 0.05) is 19.5 Å². The molecule has 5 nitrogen and oxygen atoms in total. The van der Waals surface area contributed by atoms with Gasteiger partial charge in [-0.05, 0) is 24.3 Å². The molecule has 1 aliphatic rings. The van der Waals surface area contributed by atoms with Crippen LogP contribution in [0.1, 0.15) is 33.6 Å². The molecule has 19 heavy (non-hydrogen) atoms. The Morgan fingerprint density at radius 2 is 2.00 bits per heavy atom. The molecule has 6 heteroatoms. The third-order valence-corrected chi connectivity index (χ3v) is 3.10. The standard InChI is InChI=1S/C13H25N3O2.ClH/c1-13(2,3)6-11(17)15-8-12(18)16-5-4-10(7-14)9-16;/h10H,4-9,14H2,1-3H3,(H,15,17);1H. The number of carbonyl (C=O) groups is 2. The van der Waals surface area contributed by atoms with E-state index in [1.54, 1.807) is 4.90 Å². The van der Waals surface area contributed by atoms with Gasteiger partial charge in [-0.15, -0.1) is 12.4 Å². The molecule has 0 saturated carbocycles. The van der Waals surface area contributed by atoms with Gasteiger partial charge in [0.2, 0.25) is 11.8 Å². The van der Waals surface area contributed by atoms with Crippen molar-refractivity contribution in [3.05, 3.63) is 0 Å². The van der Waals surface area contributed by atoms with Crippen LogP contribution in [0, 0.1) is 11.3 Å². The summed E-state index contributed by atoms with van der Waals surface area (Å²) in [7, 11) is 0. The fourth-order valence-electron chi connectivity index (χ4n) is 2.08. The molecule has 1 aliphatic heterocycles. The summed E-state index contributed by atoms with van der Waals surface area (Å²) in [5.74, 6) is 0.345. The van der Waals surface area contributed by atoms with E-state index >= 15 is 0 Å². The number of amides is 2. The number of nitrogens with zero attached hydrogens (tertiary/aromatic N) is 1. The van der Waals surface area contributed by atoms with Gasteiger partial charge in [0.15, 0.2) is 0 Å². The van der Waals surface area contributed by atoms with E-state index in [1.165, 1.54) is 0 Å². The van der Waals surface area contributed by atoms with E-state index in [0.717, 1.165) is 19.5 Å². The van der Waals surface area contributed by atoms with E-state index in [-0.39, 0.29) is 36.2 Å². The van der Waals surface area contributed by atoms with E-state index in [4.69, 9.17) is 5.73 Å². The fraction of sp³-hybridized carbons (Fsp3) is 0.846. The molecule has 1 fully saturated rings. The van der Waals surface area contributed by atoms with E-state index in [1.807, 2.05) is 20.8 Å². The molecule has 112 valence electrons. The zero-order valence-corrected chi connectivity index (χ0v) is 12.9. The Bertz CT molecular complexity index is 316. The predicted molar refractivity (Wildman–Crippen MR) is 78.1 cm³/mol. The molecule has 1 unspecified atom stereocenters. The van der Waals surface area contributed by atoms with Crippen molar-refractivity contribution in [1.82, 2.24) is 10.2 Å². The van der Waals surface area contributed by atoms with E-state index < -0.39 is 0 Å². The van der Waals surface area contributed by atoms with E-state index in [0.29, 0.717) is 18.9 Å². The summed E-state index contributed by atoms with van der Waals surface area (Å²) >= 11 is 0. The summed E-state index contributed by atoms with van der Waals surface area (Å²) < 4.78 is 0. The van der Waals surface area contributed by atoms with Gasteiger partial charge in [-0.3, -0.25) is 9.59 Å². The summed E-state index contributed by atoms with van der Waals surface area (Å²) in [5.41, 5.74) is 5.53. The highest BCUT2D eigenvalue weighted by atomic mass is 35.5.